The predicted molar refractivity (Wildman–Crippen MR) is 101 cm³/mol. The minimum atomic E-state index is -0.693. The van der Waals surface area contributed by atoms with Gasteiger partial charge >= 0.3 is 5.97 Å². The van der Waals surface area contributed by atoms with Crippen LogP contribution in [0, 0.1) is 27.7 Å². The van der Waals surface area contributed by atoms with E-state index in [0.29, 0.717) is 16.9 Å². The maximum absolute atomic E-state index is 12.1. The third kappa shape index (κ3) is 5.16. The second kappa shape index (κ2) is 8.48. The van der Waals surface area contributed by atoms with Gasteiger partial charge in [-0.3, -0.25) is 19.1 Å². The van der Waals surface area contributed by atoms with Crippen LogP contribution in [-0.4, -0.2) is 40.7 Å². The third-order valence-electron chi connectivity index (χ3n) is 4.30. The number of rotatable bonds is 6. The zero-order valence-corrected chi connectivity index (χ0v) is 16.2. The van der Waals surface area contributed by atoms with Gasteiger partial charge in [0, 0.05) is 12.6 Å². The Labute approximate surface area is 157 Å². The van der Waals surface area contributed by atoms with Crippen molar-refractivity contribution in [1.82, 2.24) is 15.1 Å². The molecule has 0 bridgehead atoms. The van der Waals surface area contributed by atoms with Gasteiger partial charge in [-0.1, -0.05) is 6.07 Å². The van der Waals surface area contributed by atoms with Crippen molar-refractivity contribution in [2.45, 2.75) is 27.7 Å². The molecule has 0 unspecified atom stereocenters. The van der Waals surface area contributed by atoms with Crippen molar-refractivity contribution in [2.24, 2.45) is 7.05 Å². The van der Waals surface area contributed by atoms with Gasteiger partial charge in [-0.15, -0.1) is 0 Å². The van der Waals surface area contributed by atoms with Crippen LogP contribution < -0.4 is 10.6 Å². The van der Waals surface area contributed by atoms with E-state index >= 15 is 0 Å². The fraction of sp³-hybridized carbons (Fsp3) is 0.368. The number of esters is 1. The van der Waals surface area contributed by atoms with Crippen LogP contribution in [0.5, 0.6) is 0 Å². The number of amides is 2. The zero-order valence-electron chi connectivity index (χ0n) is 16.2. The Balaban J connectivity index is 1.79. The molecule has 27 heavy (non-hydrogen) atoms. The second-order valence-electron chi connectivity index (χ2n) is 6.36. The summed E-state index contributed by atoms with van der Waals surface area (Å²) in [6, 6.07) is 5.28. The minimum Gasteiger partial charge on any atom is -0.454 e. The molecular weight excluding hydrogens is 348 g/mol. The summed E-state index contributed by atoms with van der Waals surface area (Å²) in [5.74, 6) is -1.54. The van der Waals surface area contributed by atoms with E-state index in [1.807, 2.05) is 26.8 Å². The van der Waals surface area contributed by atoms with Crippen molar-refractivity contribution in [1.29, 1.82) is 0 Å². The molecule has 8 heteroatoms. The van der Waals surface area contributed by atoms with E-state index in [2.05, 4.69) is 15.7 Å². The summed E-state index contributed by atoms with van der Waals surface area (Å²) < 4.78 is 6.55. The van der Waals surface area contributed by atoms with E-state index in [0.717, 1.165) is 16.8 Å². The van der Waals surface area contributed by atoms with Crippen molar-refractivity contribution in [3.8, 4) is 0 Å². The van der Waals surface area contributed by atoms with E-state index in [9.17, 15) is 14.4 Å². The van der Waals surface area contributed by atoms with Crippen molar-refractivity contribution in [2.75, 3.05) is 18.5 Å². The number of aromatic nitrogens is 2. The molecule has 0 aliphatic heterocycles. The fourth-order valence-corrected chi connectivity index (χ4v) is 2.46. The lowest BCUT2D eigenvalue weighted by molar-refractivity contribution is -0.146. The summed E-state index contributed by atoms with van der Waals surface area (Å²) in [5, 5.41) is 9.35. The molecule has 2 N–H and O–H groups in total. The molecule has 1 aromatic heterocycles. The van der Waals surface area contributed by atoms with Crippen LogP contribution in [-0.2, 0) is 21.4 Å². The van der Waals surface area contributed by atoms with Gasteiger partial charge in [-0.05, 0) is 51.0 Å². The van der Waals surface area contributed by atoms with Crippen LogP contribution >= 0.6 is 0 Å². The number of anilines is 1. The molecule has 2 aromatic rings. The molecule has 0 saturated heterocycles. The average molecular weight is 372 g/mol. The smallest absolute Gasteiger partial charge is 0.325 e. The zero-order chi connectivity index (χ0) is 20.1. The predicted octanol–water partition coefficient (Wildman–Crippen LogP) is 1.57. The van der Waals surface area contributed by atoms with E-state index in [-0.39, 0.29) is 12.5 Å². The number of benzene rings is 1. The normalized spacial score (nSPS) is 10.4. The monoisotopic (exact) mass is 372 g/mol. The minimum absolute atomic E-state index is 0.315. The maximum atomic E-state index is 12.1. The molecule has 2 amide bonds. The van der Waals surface area contributed by atoms with Crippen LogP contribution in [0.2, 0.25) is 0 Å². The first-order valence-electron chi connectivity index (χ1n) is 8.50. The highest BCUT2D eigenvalue weighted by atomic mass is 16.5. The van der Waals surface area contributed by atoms with Gasteiger partial charge < -0.3 is 15.4 Å². The number of ether oxygens (including phenoxy) is 1. The number of hydrogen-bond donors (Lipinski definition) is 2. The second-order valence-corrected chi connectivity index (χ2v) is 6.36. The van der Waals surface area contributed by atoms with Gasteiger partial charge in [0.25, 0.3) is 11.8 Å². The first-order chi connectivity index (χ1) is 12.7. The van der Waals surface area contributed by atoms with Crippen LogP contribution in [0.25, 0.3) is 0 Å². The summed E-state index contributed by atoms with van der Waals surface area (Å²) in [5.41, 5.74) is 4.61. The maximum Gasteiger partial charge on any atom is 0.325 e. The van der Waals surface area contributed by atoms with Gasteiger partial charge in [0.05, 0.1) is 17.1 Å². The number of hydrogen-bond acceptors (Lipinski definition) is 5. The third-order valence-corrected chi connectivity index (χ3v) is 4.30. The van der Waals surface area contributed by atoms with Gasteiger partial charge in [0.1, 0.15) is 6.54 Å². The largest absolute Gasteiger partial charge is 0.454 e. The first kappa shape index (κ1) is 20.2. The number of nitrogens with zero attached hydrogens (tertiary/aromatic N) is 2. The highest BCUT2D eigenvalue weighted by Gasteiger charge is 2.15. The van der Waals surface area contributed by atoms with Crippen LogP contribution in [0.3, 0.4) is 0 Å². The lowest BCUT2D eigenvalue weighted by Crippen LogP contribution is -2.32. The summed E-state index contributed by atoms with van der Waals surface area (Å²) in [7, 11) is 1.77. The average Bonchev–Trinajstić information content (AvgIpc) is 2.86. The highest BCUT2D eigenvalue weighted by molar-refractivity contribution is 5.97. The lowest BCUT2D eigenvalue weighted by atomic mass is 10.1. The molecule has 144 valence electrons. The van der Waals surface area contributed by atoms with E-state index in [1.54, 1.807) is 30.8 Å². The Morgan fingerprint density at radius 1 is 1.11 bits per heavy atom. The summed E-state index contributed by atoms with van der Waals surface area (Å²) in [6.45, 7) is 6.70. The van der Waals surface area contributed by atoms with Gasteiger partial charge in [0.15, 0.2) is 6.61 Å². The Bertz CT molecular complexity index is 886. The molecule has 0 fully saturated rings. The number of carbonyl (C=O) groups excluding carboxylic acids is 3. The van der Waals surface area contributed by atoms with Crippen molar-refractivity contribution < 1.29 is 19.1 Å². The number of nitrogens with one attached hydrogen (secondary N) is 2. The Hall–Kier alpha value is -3.16. The fourth-order valence-electron chi connectivity index (χ4n) is 2.46. The Morgan fingerprint density at radius 3 is 2.41 bits per heavy atom. The standard InChI is InChI=1S/C19H24N4O4/c1-11-6-7-15(8-12(11)2)19(26)20-9-17(25)27-10-16(24)21-18-13(3)22-23(5)14(18)4/h6-8H,9-10H2,1-5H3,(H,20,26)(H,21,24). The van der Waals surface area contributed by atoms with Gasteiger partial charge in [-0.25, -0.2) is 0 Å². The van der Waals surface area contributed by atoms with E-state index in [4.69, 9.17) is 4.74 Å². The molecule has 1 heterocycles. The molecule has 2 rings (SSSR count). The van der Waals surface area contributed by atoms with Crippen molar-refractivity contribution in [3.05, 3.63) is 46.3 Å². The SMILES string of the molecule is Cc1ccc(C(=O)NCC(=O)OCC(=O)Nc2c(C)nn(C)c2C)cc1C. The Morgan fingerprint density at radius 2 is 1.81 bits per heavy atom. The highest BCUT2D eigenvalue weighted by Crippen LogP contribution is 2.17. The number of aryl methyl sites for hydroxylation is 4. The van der Waals surface area contributed by atoms with E-state index < -0.39 is 18.5 Å². The van der Waals surface area contributed by atoms with Gasteiger partial charge in [0.2, 0.25) is 0 Å². The molecule has 8 nitrogen and oxygen atoms in total. The molecule has 0 aliphatic rings. The lowest BCUT2D eigenvalue weighted by Gasteiger charge is -2.09. The quantitative estimate of drug-likeness (QED) is 0.749. The van der Waals surface area contributed by atoms with Crippen LogP contribution in [0.1, 0.15) is 32.9 Å². The summed E-state index contributed by atoms with van der Waals surface area (Å²) >= 11 is 0. The molecule has 0 radical (unpaired) electrons. The molecule has 0 saturated carbocycles. The molecule has 0 spiro atoms. The van der Waals surface area contributed by atoms with Gasteiger partial charge in [-0.2, -0.15) is 5.10 Å². The number of carbonyl (C=O) groups is 3. The van der Waals surface area contributed by atoms with Crippen molar-refractivity contribution >= 4 is 23.5 Å². The van der Waals surface area contributed by atoms with Crippen LogP contribution in [0.4, 0.5) is 5.69 Å². The van der Waals surface area contributed by atoms with E-state index in [1.165, 1.54) is 0 Å². The molecule has 1 aromatic carbocycles. The first-order valence-corrected chi connectivity index (χ1v) is 8.50. The molecular formula is C19H24N4O4. The topological polar surface area (TPSA) is 102 Å². The summed E-state index contributed by atoms with van der Waals surface area (Å²) in [4.78, 5) is 35.8. The molecule has 0 atom stereocenters. The molecule has 0 aliphatic carbocycles. The van der Waals surface area contributed by atoms with Crippen LogP contribution in [0.15, 0.2) is 18.2 Å². The summed E-state index contributed by atoms with van der Waals surface area (Å²) in [6.07, 6.45) is 0. The van der Waals surface area contributed by atoms with Crippen molar-refractivity contribution in [3.63, 3.8) is 0 Å². The Kier molecular flexibility index (Phi) is 6.33.